The van der Waals surface area contributed by atoms with Crippen LogP contribution in [0.5, 0.6) is 0 Å². The van der Waals surface area contributed by atoms with Gasteiger partial charge in [-0.3, -0.25) is 4.79 Å². The number of fused-ring (bicyclic) bond motifs is 1. The summed E-state index contributed by atoms with van der Waals surface area (Å²) in [5.74, 6) is -0.0742. The predicted octanol–water partition coefficient (Wildman–Crippen LogP) is 5.47. The van der Waals surface area contributed by atoms with Gasteiger partial charge in [-0.1, -0.05) is 30.3 Å². The van der Waals surface area contributed by atoms with Crippen molar-refractivity contribution in [3.63, 3.8) is 0 Å². The number of hydrogen-bond donors (Lipinski definition) is 1. The molecule has 1 atom stereocenters. The second-order valence-electron chi connectivity index (χ2n) is 7.10. The van der Waals surface area contributed by atoms with Crippen molar-refractivity contribution in [2.75, 3.05) is 16.8 Å². The summed E-state index contributed by atoms with van der Waals surface area (Å²) >= 11 is 0. The second kappa shape index (κ2) is 7.20. The smallest absolute Gasteiger partial charge is 0.255 e. The third kappa shape index (κ3) is 3.43. The molecule has 1 saturated heterocycles. The van der Waals surface area contributed by atoms with Crippen molar-refractivity contribution in [3.8, 4) is 0 Å². The van der Waals surface area contributed by atoms with Crippen LogP contribution in [0.4, 0.5) is 11.4 Å². The average molecular weight is 344 g/mol. The van der Waals surface area contributed by atoms with E-state index in [0.717, 1.165) is 23.0 Å². The Kier molecular flexibility index (Phi) is 4.61. The summed E-state index contributed by atoms with van der Waals surface area (Å²) in [5.41, 5.74) is 2.75. The predicted molar refractivity (Wildman–Crippen MR) is 109 cm³/mol. The molecule has 0 bridgehead atoms. The Morgan fingerprint density at radius 1 is 0.962 bits per heavy atom. The average Bonchev–Trinajstić information content (AvgIpc) is 2.69. The third-order valence-corrected chi connectivity index (χ3v) is 5.27. The number of carbonyl (C=O) groups excluding carboxylic acids is 1. The zero-order valence-electron chi connectivity index (χ0n) is 15.1. The topological polar surface area (TPSA) is 32.3 Å². The molecule has 132 valence electrons. The minimum Gasteiger partial charge on any atom is -0.369 e. The maximum Gasteiger partial charge on any atom is 0.255 e. The van der Waals surface area contributed by atoms with Crippen LogP contribution in [0.2, 0.25) is 0 Å². The summed E-state index contributed by atoms with van der Waals surface area (Å²) in [6, 6.07) is 22.7. The molecule has 0 spiro atoms. The first-order valence-corrected chi connectivity index (χ1v) is 9.37. The van der Waals surface area contributed by atoms with Gasteiger partial charge in [-0.15, -0.1) is 0 Å². The van der Waals surface area contributed by atoms with Gasteiger partial charge in [0.25, 0.3) is 5.91 Å². The molecular formula is C23H24N2O. The van der Waals surface area contributed by atoms with E-state index >= 15 is 0 Å². The van der Waals surface area contributed by atoms with E-state index in [2.05, 4.69) is 35.3 Å². The molecular weight excluding hydrogens is 320 g/mol. The molecule has 0 saturated carbocycles. The highest BCUT2D eigenvalue weighted by Gasteiger charge is 2.18. The van der Waals surface area contributed by atoms with Crippen LogP contribution in [0.25, 0.3) is 10.8 Å². The van der Waals surface area contributed by atoms with E-state index in [1.165, 1.54) is 24.9 Å². The molecule has 0 aliphatic carbocycles. The Labute approximate surface area is 154 Å². The SMILES string of the molecule is CC1CCCCN1c1ccc(NC(=O)c2ccc3ccccc3c2)cc1. The van der Waals surface area contributed by atoms with Crippen molar-refractivity contribution in [2.24, 2.45) is 0 Å². The van der Waals surface area contributed by atoms with Crippen molar-refractivity contribution < 1.29 is 4.79 Å². The summed E-state index contributed by atoms with van der Waals surface area (Å²) < 4.78 is 0. The Morgan fingerprint density at radius 3 is 2.50 bits per heavy atom. The van der Waals surface area contributed by atoms with Gasteiger partial charge in [-0.05, 0) is 73.4 Å². The summed E-state index contributed by atoms with van der Waals surface area (Å²) in [7, 11) is 0. The largest absolute Gasteiger partial charge is 0.369 e. The lowest BCUT2D eigenvalue weighted by Crippen LogP contribution is -2.37. The van der Waals surface area contributed by atoms with Crippen LogP contribution < -0.4 is 10.2 Å². The van der Waals surface area contributed by atoms with E-state index in [9.17, 15) is 4.79 Å². The lowest BCUT2D eigenvalue weighted by atomic mass is 10.0. The molecule has 1 N–H and O–H groups in total. The number of hydrogen-bond acceptors (Lipinski definition) is 2. The number of rotatable bonds is 3. The molecule has 1 heterocycles. The number of piperidine rings is 1. The fourth-order valence-corrected chi connectivity index (χ4v) is 3.75. The van der Waals surface area contributed by atoms with Gasteiger partial charge >= 0.3 is 0 Å². The molecule has 1 fully saturated rings. The van der Waals surface area contributed by atoms with Crippen molar-refractivity contribution in [1.29, 1.82) is 0 Å². The highest BCUT2D eigenvalue weighted by molar-refractivity contribution is 6.06. The molecule has 4 rings (SSSR count). The molecule has 3 aromatic rings. The number of nitrogens with one attached hydrogen (secondary N) is 1. The highest BCUT2D eigenvalue weighted by atomic mass is 16.1. The fraction of sp³-hybridized carbons (Fsp3) is 0.261. The number of amides is 1. The highest BCUT2D eigenvalue weighted by Crippen LogP contribution is 2.26. The van der Waals surface area contributed by atoms with Gasteiger partial charge in [0.2, 0.25) is 0 Å². The van der Waals surface area contributed by atoms with E-state index in [-0.39, 0.29) is 5.91 Å². The number of carbonyl (C=O) groups is 1. The van der Waals surface area contributed by atoms with Crippen LogP contribution in [-0.2, 0) is 0 Å². The molecule has 26 heavy (non-hydrogen) atoms. The van der Waals surface area contributed by atoms with E-state index in [0.29, 0.717) is 11.6 Å². The molecule has 1 aliphatic heterocycles. The fourth-order valence-electron chi connectivity index (χ4n) is 3.75. The Hall–Kier alpha value is -2.81. The molecule has 0 aromatic heterocycles. The minimum absolute atomic E-state index is 0.0742. The van der Waals surface area contributed by atoms with Gasteiger partial charge in [-0.25, -0.2) is 0 Å². The zero-order chi connectivity index (χ0) is 17.9. The third-order valence-electron chi connectivity index (χ3n) is 5.27. The molecule has 3 heteroatoms. The number of anilines is 2. The molecule has 1 aliphatic rings. The molecule has 3 aromatic carbocycles. The van der Waals surface area contributed by atoms with Crippen molar-refractivity contribution >= 4 is 28.1 Å². The molecule has 1 amide bonds. The molecule has 0 radical (unpaired) electrons. The van der Waals surface area contributed by atoms with E-state index in [1.54, 1.807) is 0 Å². The second-order valence-corrected chi connectivity index (χ2v) is 7.10. The lowest BCUT2D eigenvalue weighted by Gasteiger charge is -2.35. The quantitative estimate of drug-likeness (QED) is 0.683. The Balaban J connectivity index is 1.48. The van der Waals surface area contributed by atoms with Gasteiger partial charge in [0.05, 0.1) is 0 Å². The maximum absolute atomic E-state index is 12.6. The Bertz CT molecular complexity index is 917. The summed E-state index contributed by atoms with van der Waals surface area (Å²) in [5, 5.41) is 5.23. The van der Waals surface area contributed by atoms with Crippen LogP contribution in [-0.4, -0.2) is 18.5 Å². The van der Waals surface area contributed by atoms with E-state index in [4.69, 9.17) is 0 Å². The first-order valence-electron chi connectivity index (χ1n) is 9.37. The molecule has 3 nitrogen and oxygen atoms in total. The van der Waals surface area contributed by atoms with Gasteiger partial charge in [-0.2, -0.15) is 0 Å². The maximum atomic E-state index is 12.6. The van der Waals surface area contributed by atoms with Gasteiger partial charge in [0.15, 0.2) is 0 Å². The van der Waals surface area contributed by atoms with Crippen molar-refractivity contribution in [3.05, 3.63) is 72.3 Å². The van der Waals surface area contributed by atoms with Gasteiger partial charge < -0.3 is 10.2 Å². The first kappa shape index (κ1) is 16.6. The van der Waals surface area contributed by atoms with Crippen molar-refractivity contribution in [2.45, 2.75) is 32.2 Å². The van der Waals surface area contributed by atoms with Gasteiger partial charge in [0.1, 0.15) is 0 Å². The first-order chi connectivity index (χ1) is 12.7. The normalized spacial score (nSPS) is 17.3. The summed E-state index contributed by atoms with van der Waals surface area (Å²) in [6.45, 7) is 3.40. The number of benzene rings is 3. The monoisotopic (exact) mass is 344 g/mol. The van der Waals surface area contributed by atoms with Crippen LogP contribution >= 0.6 is 0 Å². The summed E-state index contributed by atoms with van der Waals surface area (Å²) in [6.07, 6.45) is 3.82. The standard InChI is InChI=1S/C23H24N2O/c1-17-6-4-5-15-25(17)22-13-11-21(12-14-22)24-23(26)20-10-9-18-7-2-3-8-19(18)16-20/h2-3,7-14,16-17H,4-6,15H2,1H3,(H,24,26). The lowest BCUT2D eigenvalue weighted by molar-refractivity contribution is 0.102. The van der Waals surface area contributed by atoms with E-state index in [1.807, 2.05) is 48.5 Å². The van der Waals surface area contributed by atoms with Gasteiger partial charge in [0, 0.05) is 29.5 Å². The van der Waals surface area contributed by atoms with Crippen LogP contribution in [0, 0.1) is 0 Å². The van der Waals surface area contributed by atoms with Crippen LogP contribution in [0.1, 0.15) is 36.5 Å². The van der Waals surface area contributed by atoms with E-state index < -0.39 is 0 Å². The van der Waals surface area contributed by atoms with Crippen LogP contribution in [0.3, 0.4) is 0 Å². The van der Waals surface area contributed by atoms with Crippen LogP contribution in [0.15, 0.2) is 66.7 Å². The zero-order valence-corrected chi connectivity index (χ0v) is 15.1. The molecule has 1 unspecified atom stereocenters. The minimum atomic E-state index is -0.0742. The Morgan fingerprint density at radius 2 is 1.73 bits per heavy atom. The summed E-state index contributed by atoms with van der Waals surface area (Å²) in [4.78, 5) is 15.0. The van der Waals surface area contributed by atoms with Crippen molar-refractivity contribution in [1.82, 2.24) is 0 Å². The number of nitrogens with zero attached hydrogens (tertiary/aromatic N) is 1.